The normalized spacial score (nSPS) is 14.6. The number of ether oxygens (including phenoxy) is 1. The molecule has 6 nitrogen and oxygen atoms in total. The van der Waals surface area contributed by atoms with Gasteiger partial charge in [0.15, 0.2) is 6.61 Å². The van der Waals surface area contributed by atoms with Gasteiger partial charge in [0.1, 0.15) is 11.6 Å². The van der Waals surface area contributed by atoms with E-state index in [1.807, 2.05) is 19.1 Å². The number of likely N-dealkylation sites (tertiary alicyclic amines) is 1. The Kier molecular flexibility index (Phi) is 6.91. The van der Waals surface area contributed by atoms with Crippen molar-refractivity contribution < 1.29 is 14.3 Å². The molecule has 0 bridgehead atoms. The van der Waals surface area contributed by atoms with Crippen LogP contribution in [-0.2, 0) is 9.59 Å². The molecule has 1 aliphatic rings. The largest absolute Gasteiger partial charge is 0.484 e. The van der Waals surface area contributed by atoms with Crippen LogP contribution >= 0.6 is 27.5 Å². The number of aryl methyl sites for hydroxylation is 1. The molecule has 0 radical (unpaired) electrons. The monoisotopic (exact) mass is 465 g/mol. The zero-order chi connectivity index (χ0) is 20.1. The van der Waals surface area contributed by atoms with Gasteiger partial charge in [0.2, 0.25) is 5.91 Å². The van der Waals surface area contributed by atoms with Crippen LogP contribution in [0.4, 0.5) is 5.82 Å². The Morgan fingerprint density at radius 2 is 2.04 bits per heavy atom. The summed E-state index contributed by atoms with van der Waals surface area (Å²) in [6.45, 7) is 2.93. The Labute approximate surface area is 177 Å². The number of nitrogens with one attached hydrogen (secondary N) is 1. The predicted octanol–water partition coefficient (Wildman–Crippen LogP) is 4.06. The van der Waals surface area contributed by atoms with Gasteiger partial charge in [-0.3, -0.25) is 9.59 Å². The molecule has 3 rings (SSSR count). The molecule has 0 saturated carbocycles. The van der Waals surface area contributed by atoms with E-state index in [1.165, 1.54) is 0 Å². The minimum absolute atomic E-state index is 0.0270. The summed E-state index contributed by atoms with van der Waals surface area (Å²) in [5.74, 6) is 0.870. The summed E-state index contributed by atoms with van der Waals surface area (Å²) < 4.78 is 6.43. The van der Waals surface area contributed by atoms with Crippen molar-refractivity contribution in [2.45, 2.75) is 19.8 Å². The van der Waals surface area contributed by atoms with E-state index in [0.29, 0.717) is 42.5 Å². The van der Waals surface area contributed by atoms with Crippen molar-refractivity contribution in [2.75, 3.05) is 25.0 Å². The second kappa shape index (κ2) is 9.39. The molecule has 2 heterocycles. The number of rotatable bonds is 5. The third-order valence-corrected chi connectivity index (χ3v) is 5.58. The van der Waals surface area contributed by atoms with Crippen LogP contribution in [0.1, 0.15) is 18.4 Å². The second-order valence-electron chi connectivity index (χ2n) is 6.71. The van der Waals surface area contributed by atoms with Crippen molar-refractivity contribution in [1.29, 1.82) is 0 Å². The average molecular weight is 467 g/mol. The highest BCUT2D eigenvalue weighted by atomic mass is 79.9. The highest BCUT2D eigenvalue weighted by Gasteiger charge is 2.27. The Balaban J connectivity index is 1.44. The average Bonchev–Trinajstić information content (AvgIpc) is 2.70. The van der Waals surface area contributed by atoms with E-state index >= 15 is 0 Å². The van der Waals surface area contributed by atoms with Crippen LogP contribution in [0, 0.1) is 12.8 Å². The molecule has 148 valence electrons. The lowest BCUT2D eigenvalue weighted by molar-refractivity contribution is -0.136. The number of anilines is 1. The van der Waals surface area contributed by atoms with E-state index in [9.17, 15) is 9.59 Å². The van der Waals surface area contributed by atoms with Gasteiger partial charge in [0.25, 0.3) is 5.91 Å². The first-order chi connectivity index (χ1) is 13.4. The molecule has 28 heavy (non-hydrogen) atoms. The fourth-order valence-corrected chi connectivity index (χ4v) is 3.36. The molecule has 0 atom stereocenters. The number of piperidine rings is 1. The minimum atomic E-state index is -0.130. The van der Waals surface area contributed by atoms with Crippen molar-refractivity contribution in [2.24, 2.45) is 5.92 Å². The smallest absolute Gasteiger partial charge is 0.260 e. The maximum absolute atomic E-state index is 12.4. The first kappa shape index (κ1) is 20.6. The molecule has 2 aromatic rings. The van der Waals surface area contributed by atoms with Crippen LogP contribution in [0.2, 0.25) is 5.02 Å². The zero-order valence-corrected chi connectivity index (χ0v) is 17.8. The first-order valence-corrected chi connectivity index (χ1v) is 10.2. The third kappa shape index (κ3) is 5.45. The molecule has 2 amide bonds. The van der Waals surface area contributed by atoms with E-state index in [2.05, 4.69) is 26.2 Å². The summed E-state index contributed by atoms with van der Waals surface area (Å²) in [6.07, 6.45) is 2.88. The quantitative estimate of drug-likeness (QED) is 0.721. The van der Waals surface area contributed by atoms with Crippen molar-refractivity contribution in [3.05, 3.63) is 51.6 Å². The van der Waals surface area contributed by atoms with Crippen molar-refractivity contribution in [1.82, 2.24) is 9.88 Å². The van der Waals surface area contributed by atoms with Gasteiger partial charge in [-0.2, -0.15) is 0 Å². The van der Waals surface area contributed by atoms with Gasteiger partial charge in [-0.15, -0.1) is 0 Å². The maximum atomic E-state index is 12.4. The van der Waals surface area contributed by atoms with Crippen LogP contribution < -0.4 is 10.1 Å². The molecular weight excluding hydrogens is 446 g/mol. The number of nitrogens with zero attached hydrogens (tertiary/aromatic N) is 2. The molecule has 0 aliphatic carbocycles. The molecule has 0 spiro atoms. The van der Waals surface area contributed by atoms with Gasteiger partial charge < -0.3 is 15.0 Å². The second-order valence-corrected chi connectivity index (χ2v) is 8.03. The van der Waals surface area contributed by atoms with Gasteiger partial charge >= 0.3 is 0 Å². The topological polar surface area (TPSA) is 71.5 Å². The Bertz CT molecular complexity index is 852. The first-order valence-electron chi connectivity index (χ1n) is 9.01. The SMILES string of the molecule is Cc1cc(OCC(=O)N2CCC(C(=O)Nc3ccc(Br)cn3)CC2)ccc1Cl. The molecule has 1 fully saturated rings. The van der Waals surface area contributed by atoms with Crippen LogP contribution in [0.15, 0.2) is 41.0 Å². The number of carbonyl (C=O) groups is 2. The highest BCUT2D eigenvalue weighted by Crippen LogP contribution is 2.22. The molecular formula is C20H21BrClN3O3. The summed E-state index contributed by atoms with van der Waals surface area (Å²) in [6, 6.07) is 8.88. The van der Waals surface area contributed by atoms with Crippen LogP contribution in [-0.4, -0.2) is 41.4 Å². The standard InChI is InChI=1S/C20H21BrClN3O3/c1-13-10-16(3-4-17(13)22)28-12-19(26)25-8-6-14(7-9-25)20(27)24-18-5-2-15(21)11-23-18/h2-5,10-11,14H,6-9,12H2,1H3,(H,23,24,27). The van der Waals surface area contributed by atoms with Crippen LogP contribution in [0.25, 0.3) is 0 Å². The number of carbonyl (C=O) groups excluding carboxylic acids is 2. The zero-order valence-electron chi connectivity index (χ0n) is 15.5. The predicted molar refractivity (Wildman–Crippen MR) is 112 cm³/mol. The third-order valence-electron chi connectivity index (χ3n) is 4.69. The molecule has 1 aromatic carbocycles. The van der Waals surface area contributed by atoms with E-state index in [4.69, 9.17) is 16.3 Å². The van der Waals surface area contributed by atoms with Gasteiger partial charge in [-0.05, 0) is 71.6 Å². The van der Waals surface area contributed by atoms with E-state index in [-0.39, 0.29) is 24.3 Å². The van der Waals surface area contributed by atoms with Gasteiger partial charge in [0.05, 0.1) is 0 Å². The van der Waals surface area contributed by atoms with Crippen LogP contribution in [0.5, 0.6) is 5.75 Å². The van der Waals surface area contributed by atoms with Crippen LogP contribution in [0.3, 0.4) is 0 Å². The number of hydrogen-bond acceptors (Lipinski definition) is 4. The summed E-state index contributed by atoms with van der Waals surface area (Å²) in [5.41, 5.74) is 0.902. The summed E-state index contributed by atoms with van der Waals surface area (Å²) in [4.78, 5) is 30.7. The van der Waals surface area contributed by atoms with Crippen molar-refractivity contribution in [3.63, 3.8) is 0 Å². The molecule has 1 saturated heterocycles. The molecule has 0 unspecified atom stereocenters. The fourth-order valence-electron chi connectivity index (χ4n) is 3.01. The van der Waals surface area contributed by atoms with E-state index in [1.54, 1.807) is 29.3 Å². The number of aromatic nitrogens is 1. The summed E-state index contributed by atoms with van der Waals surface area (Å²) >= 11 is 9.31. The lowest BCUT2D eigenvalue weighted by atomic mass is 9.96. The number of amides is 2. The molecule has 8 heteroatoms. The number of halogens is 2. The number of benzene rings is 1. The van der Waals surface area contributed by atoms with E-state index in [0.717, 1.165) is 10.0 Å². The lowest BCUT2D eigenvalue weighted by Crippen LogP contribution is -2.43. The summed E-state index contributed by atoms with van der Waals surface area (Å²) in [5, 5.41) is 3.49. The molecule has 1 N–H and O–H groups in total. The Hall–Kier alpha value is -2.12. The highest BCUT2D eigenvalue weighted by molar-refractivity contribution is 9.10. The Morgan fingerprint density at radius 3 is 2.68 bits per heavy atom. The minimum Gasteiger partial charge on any atom is -0.484 e. The Morgan fingerprint density at radius 1 is 1.29 bits per heavy atom. The lowest BCUT2D eigenvalue weighted by Gasteiger charge is -2.31. The number of pyridine rings is 1. The molecule has 1 aromatic heterocycles. The summed E-state index contributed by atoms with van der Waals surface area (Å²) in [7, 11) is 0. The fraction of sp³-hybridized carbons (Fsp3) is 0.350. The maximum Gasteiger partial charge on any atom is 0.260 e. The van der Waals surface area contributed by atoms with E-state index < -0.39 is 0 Å². The molecule has 1 aliphatic heterocycles. The van der Waals surface area contributed by atoms with Crippen molar-refractivity contribution in [3.8, 4) is 5.75 Å². The van der Waals surface area contributed by atoms with Gasteiger partial charge in [0, 0.05) is 34.7 Å². The number of hydrogen-bond donors (Lipinski definition) is 1. The van der Waals surface area contributed by atoms with Gasteiger partial charge in [-0.25, -0.2) is 4.98 Å². The van der Waals surface area contributed by atoms with Crippen molar-refractivity contribution >= 4 is 45.2 Å². The van der Waals surface area contributed by atoms with Gasteiger partial charge in [-0.1, -0.05) is 11.6 Å².